The van der Waals surface area contributed by atoms with Gasteiger partial charge in [0.05, 0.1) is 11.1 Å². The largest absolute Gasteiger partial charge is 0.478 e. The minimum Gasteiger partial charge on any atom is -0.478 e. The molecule has 0 radical (unpaired) electrons. The molecule has 2 heterocycles. The number of carbonyl (C=O) groups is 2. The zero-order valence-electron chi connectivity index (χ0n) is 17.8. The lowest BCUT2D eigenvalue weighted by atomic mass is 10.1. The van der Waals surface area contributed by atoms with E-state index in [0.29, 0.717) is 28.0 Å². The number of rotatable bonds is 5. The van der Waals surface area contributed by atoms with Crippen LogP contribution in [-0.4, -0.2) is 59.6 Å². The van der Waals surface area contributed by atoms with Crippen molar-refractivity contribution in [3.05, 3.63) is 65.2 Å². The summed E-state index contributed by atoms with van der Waals surface area (Å²) in [5, 5.41) is 13.2. The summed E-state index contributed by atoms with van der Waals surface area (Å²) < 4.78 is 0. The number of hydrogen-bond donors (Lipinski definition) is 2. The Balaban J connectivity index is 1.65. The fraction of sp³-hybridized carbons (Fsp3) is 0.292. The molecule has 31 heavy (non-hydrogen) atoms. The Bertz CT molecular complexity index is 1140. The lowest BCUT2D eigenvalue weighted by Crippen LogP contribution is -2.46. The molecule has 1 fully saturated rings. The number of nitrogens with one attached hydrogen (secondary N) is 1. The number of hydrogen-bond acceptors (Lipinski definition) is 5. The number of anilines is 2. The maximum atomic E-state index is 12.6. The highest BCUT2D eigenvalue weighted by Gasteiger charge is 2.20. The second-order valence-electron chi connectivity index (χ2n) is 7.76. The molecule has 0 atom stereocenters. The monoisotopic (exact) mass is 418 g/mol. The standard InChI is InChI=1S/C24H26N4O3/c1-3-27-10-12-28(13-11-27)22-15-20(24(30)31)19-14-17(8-9-21(19)26-22)25-23(29)18-7-5-4-6-16(18)2/h4-9,14-15H,3,10-13H2,1-2H3,(H,25,29)(H,30,31). The van der Waals surface area contributed by atoms with Crippen molar-refractivity contribution in [2.45, 2.75) is 13.8 Å². The number of nitrogens with zero attached hydrogens (tertiary/aromatic N) is 3. The molecule has 2 N–H and O–H groups in total. The number of aromatic nitrogens is 1. The van der Waals surface area contributed by atoms with E-state index in [9.17, 15) is 14.7 Å². The zero-order valence-corrected chi connectivity index (χ0v) is 17.8. The highest BCUT2D eigenvalue weighted by molar-refractivity contribution is 6.08. The van der Waals surface area contributed by atoms with E-state index < -0.39 is 5.97 Å². The van der Waals surface area contributed by atoms with E-state index >= 15 is 0 Å². The van der Waals surface area contributed by atoms with Crippen molar-refractivity contribution in [2.24, 2.45) is 0 Å². The Kier molecular flexibility index (Phi) is 5.86. The van der Waals surface area contributed by atoms with Crippen molar-refractivity contribution in [1.29, 1.82) is 0 Å². The molecule has 1 aliphatic rings. The Morgan fingerprint density at radius 3 is 2.45 bits per heavy atom. The van der Waals surface area contributed by atoms with Crippen LogP contribution < -0.4 is 10.2 Å². The quantitative estimate of drug-likeness (QED) is 0.658. The summed E-state index contributed by atoms with van der Waals surface area (Å²) >= 11 is 0. The number of likely N-dealkylation sites (N-methyl/N-ethyl adjacent to an activating group) is 1. The Labute approximate surface area is 181 Å². The molecule has 3 aromatic rings. The molecule has 0 bridgehead atoms. The maximum Gasteiger partial charge on any atom is 0.336 e. The summed E-state index contributed by atoms with van der Waals surface area (Å²) in [5.74, 6) is -0.562. The maximum absolute atomic E-state index is 12.6. The van der Waals surface area contributed by atoms with Crippen molar-refractivity contribution in [3.8, 4) is 0 Å². The predicted octanol–water partition coefficient (Wildman–Crippen LogP) is 3.64. The van der Waals surface area contributed by atoms with Crippen LogP contribution in [0, 0.1) is 6.92 Å². The third kappa shape index (κ3) is 4.36. The van der Waals surface area contributed by atoms with Gasteiger partial charge in [-0.05, 0) is 49.4 Å². The summed E-state index contributed by atoms with van der Waals surface area (Å²) in [6, 6.07) is 14.2. The number of pyridine rings is 1. The molecule has 4 rings (SSSR count). The minimum atomic E-state index is -1.01. The average molecular weight is 418 g/mol. The lowest BCUT2D eigenvalue weighted by molar-refractivity contribution is 0.0698. The number of carboxylic acids is 1. The van der Waals surface area contributed by atoms with E-state index in [4.69, 9.17) is 4.98 Å². The number of carboxylic acid groups (broad SMARTS) is 1. The van der Waals surface area contributed by atoms with Crippen LogP contribution in [0.5, 0.6) is 0 Å². The summed E-state index contributed by atoms with van der Waals surface area (Å²) in [6.07, 6.45) is 0. The van der Waals surface area contributed by atoms with Crippen LogP contribution in [0.1, 0.15) is 33.2 Å². The average Bonchev–Trinajstić information content (AvgIpc) is 2.78. The third-order valence-corrected chi connectivity index (χ3v) is 5.82. The lowest BCUT2D eigenvalue weighted by Gasteiger charge is -2.35. The third-order valence-electron chi connectivity index (χ3n) is 5.82. The van der Waals surface area contributed by atoms with Gasteiger partial charge < -0.3 is 20.2 Å². The normalized spacial score (nSPS) is 14.6. The smallest absolute Gasteiger partial charge is 0.336 e. The molecular formula is C24H26N4O3. The Morgan fingerprint density at radius 2 is 1.77 bits per heavy atom. The summed E-state index contributed by atoms with van der Waals surface area (Å²) in [6.45, 7) is 8.53. The van der Waals surface area contributed by atoms with Crippen molar-refractivity contribution in [1.82, 2.24) is 9.88 Å². The Morgan fingerprint density at radius 1 is 1.03 bits per heavy atom. The number of carbonyl (C=O) groups excluding carboxylic acids is 1. The number of benzene rings is 2. The van der Waals surface area contributed by atoms with Crippen LogP contribution in [0.25, 0.3) is 10.9 Å². The fourth-order valence-electron chi connectivity index (χ4n) is 3.95. The molecule has 0 unspecified atom stereocenters. The molecule has 7 nitrogen and oxygen atoms in total. The second-order valence-corrected chi connectivity index (χ2v) is 7.76. The van der Waals surface area contributed by atoms with Gasteiger partial charge in [0.2, 0.25) is 0 Å². The molecular weight excluding hydrogens is 392 g/mol. The first-order valence-corrected chi connectivity index (χ1v) is 10.5. The molecule has 1 aliphatic heterocycles. The molecule has 7 heteroatoms. The topological polar surface area (TPSA) is 85.8 Å². The van der Waals surface area contributed by atoms with Gasteiger partial charge in [0.1, 0.15) is 5.82 Å². The minimum absolute atomic E-state index is 0.185. The second kappa shape index (κ2) is 8.73. The van der Waals surface area contributed by atoms with Crippen LogP contribution >= 0.6 is 0 Å². The predicted molar refractivity (Wildman–Crippen MR) is 122 cm³/mol. The van der Waals surface area contributed by atoms with Gasteiger partial charge in [-0.3, -0.25) is 4.79 Å². The van der Waals surface area contributed by atoms with Crippen molar-refractivity contribution < 1.29 is 14.7 Å². The number of aromatic carboxylic acids is 1. The van der Waals surface area contributed by atoms with Crippen LogP contribution in [0.15, 0.2) is 48.5 Å². The van der Waals surface area contributed by atoms with Crippen LogP contribution in [0.3, 0.4) is 0 Å². The zero-order chi connectivity index (χ0) is 22.0. The van der Waals surface area contributed by atoms with Gasteiger partial charge in [-0.1, -0.05) is 25.1 Å². The summed E-state index contributed by atoms with van der Waals surface area (Å²) in [7, 11) is 0. The first kappa shape index (κ1) is 20.8. The van der Waals surface area contributed by atoms with Crippen LogP contribution in [0.2, 0.25) is 0 Å². The highest BCUT2D eigenvalue weighted by atomic mass is 16.4. The molecule has 160 valence electrons. The molecule has 1 amide bonds. The SMILES string of the molecule is CCN1CCN(c2cc(C(=O)O)c3cc(NC(=O)c4ccccc4C)ccc3n2)CC1. The van der Waals surface area contributed by atoms with E-state index in [-0.39, 0.29) is 11.5 Å². The van der Waals surface area contributed by atoms with E-state index in [1.807, 2.05) is 25.1 Å². The molecule has 0 saturated carbocycles. The van der Waals surface area contributed by atoms with Crippen molar-refractivity contribution >= 4 is 34.3 Å². The van der Waals surface area contributed by atoms with Gasteiger partial charge in [0, 0.05) is 42.8 Å². The van der Waals surface area contributed by atoms with E-state index in [2.05, 4.69) is 22.0 Å². The number of piperazine rings is 1. The fourth-order valence-corrected chi connectivity index (χ4v) is 3.95. The van der Waals surface area contributed by atoms with Gasteiger partial charge in [-0.15, -0.1) is 0 Å². The first-order valence-electron chi connectivity index (χ1n) is 10.5. The van der Waals surface area contributed by atoms with Crippen LogP contribution in [-0.2, 0) is 0 Å². The van der Waals surface area contributed by atoms with Gasteiger partial charge in [-0.25, -0.2) is 9.78 Å². The van der Waals surface area contributed by atoms with E-state index in [1.54, 1.807) is 30.3 Å². The molecule has 0 spiro atoms. The van der Waals surface area contributed by atoms with Gasteiger partial charge in [0.15, 0.2) is 0 Å². The van der Waals surface area contributed by atoms with E-state index in [0.717, 1.165) is 38.3 Å². The van der Waals surface area contributed by atoms with E-state index in [1.165, 1.54) is 0 Å². The molecule has 1 aromatic heterocycles. The van der Waals surface area contributed by atoms with Gasteiger partial charge >= 0.3 is 5.97 Å². The summed E-state index contributed by atoms with van der Waals surface area (Å²) in [5.41, 5.74) is 2.78. The highest BCUT2D eigenvalue weighted by Crippen LogP contribution is 2.27. The molecule has 1 saturated heterocycles. The number of aryl methyl sites for hydroxylation is 1. The van der Waals surface area contributed by atoms with Crippen molar-refractivity contribution in [2.75, 3.05) is 42.9 Å². The number of fused-ring (bicyclic) bond motifs is 1. The van der Waals surface area contributed by atoms with Gasteiger partial charge in [0.25, 0.3) is 5.91 Å². The Hall–Kier alpha value is -3.45. The molecule has 0 aliphatic carbocycles. The summed E-state index contributed by atoms with van der Waals surface area (Å²) in [4.78, 5) is 33.9. The van der Waals surface area contributed by atoms with Crippen molar-refractivity contribution in [3.63, 3.8) is 0 Å². The number of amides is 1. The van der Waals surface area contributed by atoms with Crippen LogP contribution in [0.4, 0.5) is 11.5 Å². The molecule has 2 aromatic carbocycles. The van der Waals surface area contributed by atoms with Gasteiger partial charge in [-0.2, -0.15) is 0 Å². The first-order chi connectivity index (χ1) is 15.0.